The molecule has 0 aromatic heterocycles. The Morgan fingerprint density at radius 2 is 2.22 bits per heavy atom. The molecule has 1 aliphatic heterocycles. The van der Waals surface area contributed by atoms with E-state index in [1.165, 1.54) is 11.3 Å². The standard InChI is InChI=1S/C15H24N2O/c1-3-18-11-12(2)17-10-13(8-9-16)14-6-4-5-7-15(14)17/h4-7,12-13H,3,8-11,16H2,1-2H3. The molecule has 2 unspecified atom stereocenters. The number of rotatable bonds is 6. The summed E-state index contributed by atoms with van der Waals surface area (Å²) in [5.74, 6) is 0.579. The van der Waals surface area contributed by atoms with Crippen LogP contribution in [0.5, 0.6) is 0 Å². The molecule has 0 saturated carbocycles. The summed E-state index contributed by atoms with van der Waals surface area (Å²) in [5.41, 5.74) is 8.54. The molecule has 2 N–H and O–H groups in total. The third-order valence-electron chi connectivity index (χ3n) is 3.71. The maximum atomic E-state index is 5.72. The third kappa shape index (κ3) is 2.68. The van der Waals surface area contributed by atoms with Crippen LogP contribution in [-0.2, 0) is 4.74 Å². The van der Waals surface area contributed by atoms with E-state index in [1.807, 2.05) is 6.92 Å². The molecule has 0 spiro atoms. The van der Waals surface area contributed by atoms with Crippen molar-refractivity contribution in [3.63, 3.8) is 0 Å². The van der Waals surface area contributed by atoms with Crippen molar-refractivity contribution in [2.75, 3.05) is 31.2 Å². The van der Waals surface area contributed by atoms with Gasteiger partial charge in [0.2, 0.25) is 0 Å². The summed E-state index contributed by atoms with van der Waals surface area (Å²) in [5, 5.41) is 0. The topological polar surface area (TPSA) is 38.5 Å². The first-order chi connectivity index (χ1) is 8.77. The molecule has 0 radical (unpaired) electrons. The van der Waals surface area contributed by atoms with Crippen molar-refractivity contribution in [1.29, 1.82) is 0 Å². The predicted molar refractivity (Wildman–Crippen MR) is 76.2 cm³/mol. The van der Waals surface area contributed by atoms with Gasteiger partial charge in [-0.2, -0.15) is 0 Å². The van der Waals surface area contributed by atoms with Crippen molar-refractivity contribution >= 4 is 5.69 Å². The summed E-state index contributed by atoms with van der Waals surface area (Å²) in [4.78, 5) is 2.46. The van der Waals surface area contributed by atoms with E-state index < -0.39 is 0 Å². The fraction of sp³-hybridized carbons (Fsp3) is 0.600. The van der Waals surface area contributed by atoms with Gasteiger partial charge in [-0.15, -0.1) is 0 Å². The highest BCUT2D eigenvalue weighted by molar-refractivity contribution is 5.60. The van der Waals surface area contributed by atoms with Crippen LogP contribution in [0.2, 0.25) is 0 Å². The van der Waals surface area contributed by atoms with Gasteiger partial charge in [-0.3, -0.25) is 0 Å². The number of benzene rings is 1. The zero-order valence-electron chi connectivity index (χ0n) is 11.4. The lowest BCUT2D eigenvalue weighted by Crippen LogP contribution is -2.35. The first-order valence-electron chi connectivity index (χ1n) is 6.91. The zero-order chi connectivity index (χ0) is 13.0. The summed E-state index contributed by atoms with van der Waals surface area (Å²) in [6.07, 6.45) is 1.06. The van der Waals surface area contributed by atoms with Crippen molar-refractivity contribution in [1.82, 2.24) is 0 Å². The number of hydrogen-bond acceptors (Lipinski definition) is 3. The second kappa shape index (κ2) is 6.21. The van der Waals surface area contributed by atoms with Crippen LogP contribution in [0.25, 0.3) is 0 Å². The second-order valence-electron chi connectivity index (χ2n) is 4.99. The highest BCUT2D eigenvalue weighted by Gasteiger charge is 2.30. The van der Waals surface area contributed by atoms with E-state index >= 15 is 0 Å². The maximum Gasteiger partial charge on any atom is 0.0667 e. The Labute approximate surface area is 110 Å². The molecule has 1 aromatic rings. The molecule has 100 valence electrons. The van der Waals surface area contributed by atoms with Crippen LogP contribution in [-0.4, -0.2) is 32.3 Å². The number of nitrogens with zero attached hydrogens (tertiary/aromatic N) is 1. The first kappa shape index (κ1) is 13.4. The largest absolute Gasteiger partial charge is 0.380 e. The number of ether oxygens (including phenoxy) is 1. The molecule has 0 saturated heterocycles. The van der Waals surface area contributed by atoms with E-state index in [4.69, 9.17) is 10.5 Å². The van der Waals surface area contributed by atoms with Crippen LogP contribution in [0, 0.1) is 0 Å². The average Bonchev–Trinajstić information content (AvgIpc) is 2.76. The monoisotopic (exact) mass is 248 g/mol. The molecule has 0 aliphatic carbocycles. The van der Waals surface area contributed by atoms with E-state index in [0.717, 1.165) is 32.7 Å². The van der Waals surface area contributed by atoms with Crippen molar-refractivity contribution in [2.24, 2.45) is 5.73 Å². The summed E-state index contributed by atoms with van der Waals surface area (Å²) < 4.78 is 5.55. The Morgan fingerprint density at radius 1 is 1.44 bits per heavy atom. The van der Waals surface area contributed by atoms with Gasteiger partial charge in [0.05, 0.1) is 6.61 Å². The van der Waals surface area contributed by atoms with Gasteiger partial charge in [0.1, 0.15) is 0 Å². The van der Waals surface area contributed by atoms with Gasteiger partial charge in [-0.05, 0) is 38.4 Å². The van der Waals surface area contributed by atoms with Crippen molar-refractivity contribution in [2.45, 2.75) is 32.2 Å². The lowest BCUT2D eigenvalue weighted by molar-refractivity contribution is 0.135. The Bertz CT molecular complexity index is 381. The predicted octanol–water partition coefficient (Wildman–Crippen LogP) is 2.36. The molecule has 2 atom stereocenters. The second-order valence-corrected chi connectivity index (χ2v) is 4.99. The number of hydrogen-bond donors (Lipinski definition) is 1. The van der Waals surface area contributed by atoms with Crippen molar-refractivity contribution in [3.8, 4) is 0 Å². The molecule has 3 heteroatoms. The third-order valence-corrected chi connectivity index (χ3v) is 3.71. The van der Waals surface area contributed by atoms with Gasteiger partial charge < -0.3 is 15.4 Å². The molecule has 0 bridgehead atoms. The molecule has 2 rings (SSSR count). The fourth-order valence-corrected chi connectivity index (χ4v) is 2.77. The molecule has 1 heterocycles. The van der Waals surface area contributed by atoms with Crippen LogP contribution in [0.1, 0.15) is 31.7 Å². The van der Waals surface area contributed by atoms with Gasteiger partial charge in [-0.1, -0.05) is 18.2 Å². The van der Waals surface area contributed by atoms with Gasteiger partial charge >= 0.3 is 0 Å². The van der Waals surface area contributed by atoms with E-state index in [2.05, 4.69) is 36.1 Å². The van der Waals surface area contributed by atoms with E-state index in [0.29, 0.717) is 12.0 Å². The number of para-hydroxylation sites is 1. The Kier molecular flexibility index (Phi) is 4.61. The maximum absolute atomic E-state index is 5.72. The smallest absolute Gasteiger partial charge is 0.0667 e. The molecule has 1 aromatic carbocycles. The zero-order valence-corrected chi connectivity index (χ0v) is 11.4. The minimum absolute atomic E-state index is 0.425. The molecule has 18 heavy (non-hydrogen) atoms. The van der Waals surface area contributed by atoms with E-state index in [9.17, 15) is 0 Å². The average molecular weight is 248 g/mol. The molecular formula is C15H24N2O. The lowest BCUT2D eigenvalue weighted by atomic mass is 9.98. The van der Waals surface area contributed by atoms with Crippen LogP contribution < -0.4 is 10.6 Å². The Hall–Kier alpha value is -1.06. The molecule has 0 fully saturated rings. The van der Waals surface area contributed by atoms with Gasteiger partial charge in [-0.25, -0.2) is 0 Å². The Balaban J connectivity index is 2.14. The highest BCUT2D eigenvalue weighted by Crippen LogP contribution is 2.38. The normalized spacial score (nSPS) is 19.9. The van der Waals surface area contributed by atoms with E-state index in [1.54, 1.807) is 0 Å². The summed E-state index contributed by atoms with van der Waals surface area (Å²) in [6.45, 7) is 7.68. The number of nitrogens with two attached hydrogens (primary N) is 1. The molecule has 0 amide bonds. The summed E-state index contributed by atoms with van der Waals surface area (Å²) in [6, 6.07) is 9.12. The van der Waals surface area contributed by atoms with Crippen LogP contribution in [0.15, 0.2) is 24.3 Å². The van der Waals surface area contributed by atoms with Crippen molar-refractivity contribution < 1.29 is 4.74 Å². The van der Waals surface area contributed by atoms with Gasteiger partial charge in [0.15, 0.2) is 0 Å². The first-order valence-corrected chi connectivity index (χ1v) is 6.91. The minimum Gasteiger partial charge on any atom is -0.380 e. The van der Waals surface area contributed by atoms with Crippen molar-refractivity contribution in [3.05, 3.63) is 29.8 Å². The van der Waals surface area contributed by atoms with Crippen LogP contribution in [0.3, 0.4) is 0 Å². The number of fused-ring (bicyclic) bond motifs is 1. The summed E-state index contributed by atoms with van der Waals surface area (Å²) >= 11 is 0. The molecule has 1 aliphatic rings. The summed E-state index contributed by atoms with van der Waals surface area (Å²) in [7, 11) is 0. The molecule has 3 nitrogen and oxygen atoms in total. The lowest BCUT2D eigenvalue weighted by Gasteiger charge is -2.27. The minimum atomic E-state index is 0.425. The fourth-order valence-electron chi connectivity index (χ4n) is 2.77. The van der Waals surface area contributed by atoms with Gasteiger partial charge in [0, 0.05) is 30.8 Å². The highest BCUT2D eigenvalue weighted by atomic mass is 16.5. The molecular weight excluding hydrogens is 224 g/mol. The van der Waals surface area contributed by atoms with E-state index in [-0.39, 0.29) is 0 Å². The number of anilines is 1. The quantitative estimate of drug-likeness (QED) is 0.840. The SMILES string of the molecule is CCOCC(C)N1CC(CCN)c2ccccc21. The van der Waals surface area contributed by atoms with Gasteiger partial charge in [0.25, 0.3) is 0 Å². The van der Waals surface area contributed by atoms with Crippen LogP contribution in [0.4, 0.5) is 5.69 Å². The van der Waals surface area contributed by atoms with Crippen LogP contribution >= 0.6 is 0 Å². The Morgan fingerprint density at radius 3 is 2.94 bits per heavy atom.